The first kappa shape index (κ1) is 25.1. The van der Waals surface area contributed by atoms with Crippen LogP contribution in [0.1, 0.15) is 23.6 Å². The number of halogens is 3. The molecule has 1 atom stereocenters. The first-order chi connectivity index (χ1) is 15.9. The van der Waals surface area contributed by atoms with Crippen LogP contribution in [0.15, 0.2) is 72.8 Å². The second-order valence-electron chi connectivity index (χ2n) is 7.66. The number of likely N-dealkylation sites (N-methyl/N-ethyl adjacent to an activating group) is 1. The number of nitrogens with zero attached hydrogens (tertiary/aromatic N) is 1. The molecule has 33 heavy (non-hydrogen) atoms. The van der Waals surface area contributed by atoms with Crippen molar-refractivity contribution in [3.63, 3.8) is 0 Å². The van der Waals surface area contributed by atoms with Crippen molar-refractivity contribution in [1.29, 1.82) is 0 Å². The molecule has 3 rings (SSSR count). The zero-order valence-electron chi connectivity index (χ0n) is 18.2. The Balaban J connectivity index is 1.96. The Morgan fingerprint density at radius 1 is 0.879 bits per heavy atom. The van der Waals surface area contributed by atoms with Gasteiger partial charge in [-0.2, -0.15) is 0 Å². The maximum Gasteiger partial charge on any atom is 0.243 e. The van der Waals surface area contributed by atoms with Crippen molar-refractivity contribution in [2.24, 2.45) is 0 Å². The molecule has 0 aliphatic rings. The Hall–Kier alpha value is -2.53. The minimum atomic E-state index is -0.693. The normalized spacial score (nSPS) is 11.6. The smallest absolute Gasteiger partial charge is 0.243 e. The molecule has 0 fully saturated rings. The Labute approximate surface area is 209 Å². The van der Waals surface area contributed by atoms with E-state index in [9.17, 15) is 9.59 Å². The highest BCUT2D eigenvalue weighted by Crippen LogP contribution is 2.23. The fraction of sp³-hybridized carbons (Fsp3) is 0.231. The molecule has 2 amide bonds. The third kappa shape index (κ3) is 7.23. The molecule has 7 heteroatoms. The van der Waals surface area contributed by atoms with Crippen molar-refractivity contribution in [2.75, 3.05) is 6.54 Å². The summed E-state index contributed by atoms with van der Waals surface area (Å²) in [5.41, 5.74) is 2.49. The highest BCUT2D eigenvalue weighted by molar-refractivity contribution is 6.35. The molecular weight excluding hydrogens is 479 g/mol. The van der Waals surface area contributed by atoms with Gasteiger partial charge in [0, 0.05) is 34.6 Å². The van der Waals surface area contributed by atoms with Crippen molar-refractivity contribution in [3.8, 4) is 0 Å². The summed E-state index contributed by atoms with van der Waals surface area (Å²) in [6.45, 7) is 2.59. The molecule has 0 heterocycles. The monoisotopic (exact) mass is 502 g/mol. The fourth-order valence-corrected chi connectivity index (χ4v) is 4.16. The minimum Gasteiger partial charge on any atom is -0.355 e. The van der Waals surface area contributed by atoms with Crippen LogP contribution in [0.2, 0.25) is 15.1 Å². The van der Waals surface area contributed by atoms with Crippen LogP contribution in [-0.4, -0.2) is 29.3 Å². The molecule has 3 aromatic rings. The average Bonchev–Trinajstić information content (AvgIpc) is 2.80. The molecule has 0 saturated carbocycles. The lowest BCUT2D eigenvalue weighted by Crippen LogP contribution is -2.51. The van der Waals surface area contributed by atoms with Crippen LogP contribution in [0, 0.1) is 0 Å². The molecule has 0 saturated heterocycles. The fourth-order valence-electron chi connectivity index (χ4n) is 3.56. The molecule has 0 bridgehead atoms. The van der Waals surface area contributed by atoms with Gasteiger partial charge in [-0.05, 0) is 47.9 Å². The summed E-state index contributed by atoms with van der Waals surface area (Å²) in [6.07, 6.45) is 0.439. The highest BCUT2D eigenvalue weighted by atomic mass is 35.5. The molecule has 0 aliphatic carbocycles. The van der Waals surface area contributed by atoms with Gasteiger partial charge in [0.1, 0.15) is 6.04 Å². The number of rotatable bonds is 9. The summed E-state index contributed by atoms with van der Waals surface area (Å²) >= 11 is 18.4. The number of hydrogen-bond acceptors (Lipinski definition) is 2. The van der Waals surface area contributed by atoms with Crippen molar-refractivity contribution < 1.29 is 9.59 Å². The standard InChI is InChI=1S/C26H25Cl3N2O2/c1-2-30-26(33)24(14-18-6-4-3-5-7-18)31(17-19-8-11-21(27)12-9-19)25(32)15-20-10-13-22(28)16-23(20)29/h3-13,16,24H,2,14-15,17H2,1H3,(H,30,33)/t24-/m0/s1. The molecule has 3 aromatic carbocycles. The van der Waals surface area contributed by atoms with E-state index in [2.05, 4.69) is 5.32 Å². The Morgan fingerprint density at radius 3 is 2.18 bits per heavy atom. The summed E-state index contributed by atoms with van der Waals surface area (Å²) in [5.74, 6) is -0.410. The summed E-state index contributed by atoms with van der Waals surface area (Å²) in [5, 5.41) is 4.40. The summed E-state index contributed by atoms with van der Waals surface area (Å²) in [7, 11) is 0. The van der Waals surface area contributed by atoms with Gasteiger partial charge in [0.2, 0.25) is 11.8 Å². The van der Waals surface area contributed by atoms with E-state index in [-0.39, 0.29) is 24.8 Å². The zero-order valence-corrected chi connectivity index (χ0v) is 20.5. The topological polar surface area (TPSA) is 49.4 Å². The Morgan fingerprint density at radius 2 is 1.55 bits per heavy atom. The molecule has 0 unspecified atom stereocenters. The summed E-state index contributed by atoms with van der Waals surface area (Å²) < 4.78 is 0. The van der Waals surface area contributed by atoms with Gasteiger partial charge in [-0.25, -0.2) is 0 Å². The van der Waals surface area contributed by atoms with E-state index in [1.54, 1.807) is 35.2 Å². The molecule has 0 radical (unpaired) electrons. The van der Waals surface area contributed by atoms with E-state index in [1.807, 2.05) is 49.4 Å². The third-order valence-electron chi connectivity index (χ3n) is 5.25. The van der Waals surface area contributed by atoms with Gasteiger partial charge in [0.25, 0.3) is 0 Å². The minimum absolute atomic E-state index is 0.0499. The lowest BCUT2D eigenvalue weighted by atomic mass is 10.0. The van der Waals surface area contributed by atoms with Crippen LogP contribution in [0.3, 0.4) is 0 Å². The van der Waals surface area contributed by atoms with Gasteiger partial charge in [-0.1, -0.05) is 83.3 Å². The van der Waals surface area contributed by atoms with Crippen LogP contribution in [-0.2, 0) is 29.0 Å². The van der Waals surface area contributed by atoms with Crippen molar-refractivity contribution in [3.05, 3.63) is 105 Å². The molecule has 172 valence electrons. The zero-order chi connectivity index (χ0) is 23.8. The third-order valence-corrected chi connectivity index (χ3v) is 6.08. The molecule has 1 N–H and O–H groups in total. The largest absolute Gasteiger partial charge is 0.355 e. The molecule has 0 aliphatic heterocycles. The second-order valence-corrected chi connectivity index (χ2v) is 8.94. The quantitative estimate of drug-likeness (QED) is 0.391. The van der Waals surface area contributed by atoms with Gasteiger partial charge in [-0.15, -0.1) is 0 Å². The summed E-state index contributed by atoms with van der Waals surface area (Å²) in [4.78, 5) is 28.3. The predicted molar refractivity (Wildman–Crippen MR) is 135 cm³/mol. The Kier molecular flexibility index (Phi) is 9.19. The van der Waals surface area contributed by atoms with Crippen LogP contribution in [0.5, 0.6) is 0 Å². The molecular formula is C26H25Cl3N2O2. The number of nitrogens with one attached hydrogen (secondary N) is 1. The van der Waals surface area contributed by atoms with Crippen molar-refractivity contribution in [2.45, 2.75) is 32.4 Å². The van der Waals surface area contributed by atoms with Crippen LogP contribution in [0.25, 0.3) is 0 Å². The molecule has 0 aromatic heterocycles. The summed E-state index contributed by atoms with van der Waals surface area (Å²) in [6, 6.07) is 21.3. The number of hydrogen-bond donors (Lipinski definition) is 1. The maximum absolute atomic E-state index is 13.6. The SMILES string of the molecule is CCNC(=O)[C@H](Cc1ccccc1)N(Cc1ccc(Cl)cc1)C(=O)Cc1ccc(Cl)cc1Cl. The Bertz CT molecular complexity index is 1090. The van der Waals surface area contributed by atoms with Crippen LogP contribution >= 0.6 is 34.8 Å². The van der Waals surface area contributed by atoms with Gasteiger partial charge in [0.05, 0.1) is 6.42 Å². The van der Waals surface area contributed by atoms with E-state index in [4.69, 9.17) is 34.8 Å². The van der Waals surface area contributed by atoms with Crippen LogP contribution < -0.4 is 5.32 Å². The van der Waals surface area contributed by atoms with Crippen molar-refractivity contribution in [1.82, 2.24) is 10.2 Å². The van der Waals surface area contributed by atoms with Crippen molar-refractivity contribution >= 4 is 46.6 Å². The van der Waals surface area contributed by atoms with E-state index >= 15 is 0 Å². The highest BCUT2D eigenvalue weighted by Gasteiger charge is 2.30. The number of carbonyl (C=O) groups excluding carboxylic acids is 2. The number of amides is 2. The van der Waals surface area contributed by atoms with E-state index < -0.39 is 6.04 Å². The first-order valence-electron chi connectivity index (χ1n) is 10.7. The van der Waals surface area contributed by atoms with E-state index in [0.717, 1.165) is 11.1 Å². The van der Waals surface area contributed by atoms with Gasteiger partial charge < -0.3 is 10.2 Å². The number of carbonyl (C=O) groups is 2. The van der Waals surface area contributed by atoms with Gasteiger partial charge in [-0.3, -0.25) is 9.59 Å². The average molecular weight is 504 g/mol. The molecule has 4 nitrogen and oxygen atoms in total. The van der Waals surface area contributed by atoms with Gasteiger partial charge in [0.15, 0.2) is 0 Å². The maximum atomic E-state index is 13.6. The lowest BCUT2D eigenvalue weighted by molar-refractivity contribution is -0.140. The van der Waals surface area contributed by atoms with Crippen LogP contribution in [0.4, 0.5) is 0 Å². The second kappa shape index (κ2) is 12.1. The predicted octanol–water partition coefficient (Wildman–Crippen LogP) is 5.97. The van der Waals surface area contributed by atoms with E-state index in [0.29, 0.717) is 33.6 Å². The molecule has 0 spiro atoms. The van der Waals surface area contributed by atoms with E-state index in [1.165, 1.54) is 0 Å². The van der Waals surface area contributed by atoms with Gasteiger partial charge >= 0.3 is 0 Å². The number of benzene rings is 3. The lowest BCUT2D eigenvalue weighted by Gasteiger charge is -2.31. The first-order valence-corrected chi connectivity index (χ1v) is 11.8.